The molecule has 0 unspecified atom stereocenters. The largest absolute Gasteiger partial charge is 0.444 e. The molecule has 1 aromatic heterocycles. The van der Waals surface area contributed by atoms with E-state index in [4.69, 9.17) is 9.47 Å². The van der Waals surface area contributed by atoms with Crippen molar-refractivity contribution in [2.45, 2.75) is 13.2 Å². The molecule has 2 aromatic carbocycles. The molecule has 0 bridgehead atoms. The van der Waals surface area contributed by atoms with Crippen molar-refractivity contribution in [1.29, 1.82) is 0 Å². The maximum Gasteiger partial charge on any atom is 0.435 e. The SMILES string of the molecule is O=C(N=C(NC(=O)OCc1ccccc1)c1ccn[nH]1)OCc1ccccc1. The molecule has 0 radical (unpaired) electrons. The van der Waals surface area contributed by atoms with Crippen molar-refractivity contribution in [2.24, 2.45) is 4.99 Å². The van der Waals surface area contributed by atoms with E-state index in [2.05, 4.69) is 20.5 Å². The number of H-pyrrole nitrogens is 1. The van der Waals surface area contributed by atoms with Gasteiger partial charge in [-0.2, -0.15) is 10.1 Å². The number of nitrogens with zero attached hydrogens (tertiary/aromatic N) is 2. The summed E-state index contributed by atoms with van der Waals surface area (Å²) in [6.45, 7) is 0.152. The lowest BCUT2D eigenvalue weighted by molar-refractivity contribution is 0.144. The molecule has 0 spiro atoms. The van der Waals surface area contributed by atoms with Crippen LogP contribution in [-0.2, 0) is 22.7 Å². The van der Waals surface area contributed by atoms with Crippen LogP contribution in [0.15, 0.2) is 77.9 Å². The minimum Gasteiger partial charge on any atom is -0.444 e. The van der Waals surface area contributed by atoms with Gasteiger partial charge in [0.1, 0.15) is 18.9 Å². The Morgan fingerprint density at radius 2 is 1.50 bits per heavy atom. The highest BCUT2D eigenvalue weighted by atomic mass is 16.6. The minimum atomic E-state index is -0.850. The Morgan fingerprint density at radius 3 is 2.07 bits per heavy atom. The van der Waals surface area contributed by atoms with Crippen LogP contribution in [0, 0.1) is 0 Å². The summed E-state index contributed by atoms with van der Waals surface area (Å²) >= 11 is 0. The van der Waals surface area contributed by atoms with E-state index in [-0.39, 0.29) is 19.0 Å². The minimum absolute atomic E-state index is 0.0476. The smallest absolute Gasteiger partial charge is 0.435 e. The number of aliphatic imine (C=N–C) groups is 1. The van der Waals surface area contributed by atoms with E-state index in [9.17, 15) is 9.59 Å². The third kappa shape index (κ3) is 5.80. The van der Waals surface area contributed by atoms with Crippen molar-refractivity contribution in [3.63, 3.8) is 0 Å². The quantitative estimate of drug-likeness (QED) is 0.523. The lowest BCUT2D eigenvalue weighted by Gasteiger charge is -2.08. The summed E-state index contributed by atoms with van der Waals surface area (Å²) < 4.78 is 10.3. The molecule has 8 heteroatoms. The highest BCUT2D eigenvalue weighted by molar-refractivity contribution is 6.08. The lowest BCUT2D eigenvalue weighted by Crippen LogP contribution is -2.33. The first-order valence-electron chi connectivity index (χ1n) is 8.47. The molecule has 8 nitrogen and oxygen atoms in total. The van der Waals surface area contributed by atoms with Crippen LogP contribution in [-0.4, -0.2) is 28.2 Å². The standard InChI is InChI=1S/C20H18N4O4/c25-19(27-13-15-7-3-1-4-8-15)22-18(17-11-12-21-24-17)23-20(26)28-14-16-9-5-2-6-10-16/h1-12H,13-14H2,(H,21,24)(H,22,23,25,26). The van der Waals surface area contributed by atoms with E-state index in [1.165, 1.54) is 6.20 Å². The molecule has 1 heterocycles. The summed E-state index contributed by atoms with van der Waals surface area (Å²) in [5, 5.41) is 8.87. The van der Waals surface area contributed by atoms with Crippen molar-refractivity contribution < 1.29 is 19.1 Å². The normalized spacial score (nSPS) is 10.9. The maximum atomic E-state index is 12.1. The van der Waals surface area contributed by atoms with Gasteiger partial charge in [0.25, 0.3) is 0 Å². The second-order valence-electron chi connectivity index (χ2n) is 5.66. The predicted molar refractivity (Wildman–Crippen MR) is 102 cm³/mol. The number of amidine groups is 1. The average Bonchev–Trinajstić information content (AvgIpc) is 3.27. The second-order valence-corrected chi connectivity index (χ2v) is 5.66. The van der Waals surface area contributed by atoms with Crippen molar-refractivity contribution in [2.75, 3.05) is 0 Å². The monoisotopic (exact) mass is 378 g/mol. The van der Waals surface area contributed by atoms with E-state index in [0.717, 1.165) is 11.1 Å². The van der Waals surface area contributed by atoms with Crippen LogP contribution in [0.25, 0.3) is 0 Å². The van der Waals surface area contributed by atoms with Gasteiger partial charge in [-0.15, -0.1) is 0 Å². The molecular formula is C20H18N4O4. The van der Waals surface area contributed by atoms with Gasteiger partial charge in [-0.25, -0.2) is 9.59 Å². The Hall–Kier alpha value is -3.94. The molecule has 0 aliphatic heterocycles. The fourth-order valence-corrected chi connectivity index (χ4v) is 2.24. The maximum absolute atomic E-state index is 12.1. The van der Waals surface area contributed by atoms with Gasteiger partial charge in [-0.3, -0.25) is 10.4 Å². The first kappa shape index (κ1) is 18.8. The van der Waals surface area contributed by atoms with Crippen LogP contribution in [0.2, 0.25) is 0 Å². The topological polar surface area (TPSA) is 106 Å². The Labute approximate surface area is 161 Å². The molecule has 2 N–H and O–H groups in total. The van der Waals surface area contributed by atoms with Gasteiger partial charge >= 0.3 is 12.2 Å². The highest BCUT2D eigenvalue weighted by Crippen LogP contribution is 2.04. The number of nitrogens with one attached hydrogen (secondary N) is 2. The zero-order chi connectivity index (χ0) is 19.6. The summed E-state index contributed by atoms with van der Waals surface area (Å²) in [7, 11) is 0. The number of carbonyl (C=O) groups excluding carboxylic acids is 2. The van der Waals surface area contributed by atoms with Gasteiger partial charge in [-0.05, 0) is 17.2 Å². The van der Waals surface area contributed by atoms with Crippen LogP contribution in [0.1, 0.15) is 16.8 Å². The van der Waals surface area contributed by atoms with Crippen LogP contribution in [0.3, 0.4) is 0 Å². The zero-order valence-corrected chi connectivity index (χ0v) is 14.9. The fraction of sp³-hybridized carbons (Fsp3) is 0.100. The van der Waals surface area contributed by atoms with Crippen molar-refractivity contribution in [3.8, 4) is 0 Å². The average molecular weight is 378 g/mol. The van der Waals surface area contributed by atoms with E-state index < -0.39 is 12.2 Å². The first-order chi connectivity index (χ1) is 13.7. The zero-order valence-electron chi connectivity index (χ0n) is 14.9. The van der Waals surface area contributed by atoms with Crippen molar-refractivity contribution in [1.82, 2.24) is 15.5 Å². The van der Waals surface area contributed by atoms with Crippen LogP contribution >= 0.6 is 0 Å². The molecule has 0 saturated carbocycles. The third-order valence-corrected chi connectivity index (χ3v) is 3.60. The summed E-state index contributed by atoms with van der Waals surface area (Å²) in [5.41, 5.74) is 2.00. The molecule has 3 aromatic rings. The number of alkyl carbamates (subject to hydrolysis) is 1. The van der Waals surface area contributed by atoms with Crippen LogP contribution < -0.4 is 5.32 Å². The Morgan fingerprint density at radius 1 is 0.893 bits per heavy atom. The van der Waals surface area contributed by atoms with Crippen LogP contribution in [0.4, 0.5) is 9.59 Å². The Bertz CT molecular complexity index is 925. The molecule has 3 rings (SSSR count). The van der Waals surface area contributed by atoms with Crippen molar-refractivity contribution in [3.05, 3.63) is 89.7 Å². The summed E-state index contributed by atoms with van der Waals surface area (Å²) in [4.78, 5) is 27.9. The predicted octanol–water partition coefficient (Wildman–Crippen LogP) is 3.42. The van der Waals surface area contributed by atoms with Gasteiger partial charge in [0.05, 0.1) is 0 Å². The highest BCUT2D eigenvalue weighted by Gasteiger charge is 2.14. The number of hydrogen-bond donors (Lipinski definition) is 2. The molecular weight excluding hydrogens is 360 g/mol. The second kappa shape index (κ2) is 9.67. The molecule has 0 aliphatic rings. The van der Waals surface area contributed by atoms with E-state index in [1.54, 1.807) is 6.07 Å². The number of hydrogen-bond acceptors (Lipinski definition) is 5. The summed E-state index contributed by atoms with van der Waals surface area (Å²) in [6.07, 6.45) is -0.137. The van der Waals surface area contributed by atoms with Crippen LogP contribution in [0.5, 0.6) is 0 Å². The molecule has 2 amide bonds. The van der Waals surface area contributed by atoms with Gasteiger partial charge in [0, 0.05) is 6.20 Å². The number of aromatic amines is 1. The van der Waals surface area contributed by atoms with Gasteiger partial charge in [0.2, 0.25) is 0 Å². The fourth-order valence-electron chi connectivity index (χ4n) is 2.24. The van der Waals surface area contributed by atoms with Crippen molar-refractivity contribution >= 4 is 18.0 Å². The first-order valence-corrected chi connectivity index (χ1v) is 8.47. The number of aromatic nitrogens is 2. The van der Waals surface area contributed by atoms with Gasteiger partial charge < -0.3 is 9.47 Å². The molecule has 28 heavy (non-hydrogen) atoms. The summed E-state index contributed by atoms with van der Waals surface area (Å²) in [5.74, 6) is -0.0476. The molecule has 142 valence electrons. The third-order valence-electron chi connectivity index (χ3n) is 3.60. The molecule has 0 atom stereocenters. The lowest BCUT2D eigenvalue weighted by atomic mass is 10.2. The number of carbonyl (C=O) groups is 2. The van der Waals surface area contributed by atoms with E-state index >= 15 is 0 Å². The molecule has 0 fully saturated rings. The number of amides is 2. The Balaban J connectivity index is 1.61. The van der Waals surface area contributed by atoms with Gasteiger partial charge in [-0.1, -0.05) is 60.7 Å². The number of ether oxygens (including phenoxy) is 2. The van der Waals surface area contributed by atoms with E-state index in [0.29, 0.717) is 5.69 Å². The number of benzene rings is 2. The molecule has 0 saturated heterocycles. The summed E-state index contributed by atoms with van der Waals surface area (Å²) in [6, 6.07) is 20.0. The molecule has 0 aliphatic carbocycles. The van der Waals surface area contributed by atoms with Gasteiger partial charge in [0.15, 0.2) is 5.84 Å². The number of rotatable bonds is 5. The van der Waals surface area contributed by atoms with E-state index in [1.807, 2.05) is 60.7 Å². The Kier molecular flexibility index (Phi) is 6.51.